The van der Waals surface area contributed by atoms with E-state index < -0.39 is 0 Å². The van der Waals surface area contributed by atoms with Gasteiger partial charge in [-0.05, 0) is 19.3 Å². The molecule has 3 heteroatoms. The second-order valence-electron chi connectivity index (χ2n) is 5.07. The summed E-state index contributed by atoms with van der Waals surface area (Å²) in [6.07, 6.45) is 3.85. The summed E-state index contributed by atoms with van der Waals surface area (Å²) < 4.78 is 0.924. The molecule has 17 heavy (non-hydrogen) atoms. The first kappa shape index (κ1) is 14.6. The van der Waals surface area contributed by atoms with Gasteiger partial charge in [-0.15, -0.1) is 0 Å². The van der Waals surface area contributed by atoms with E-state index in [9.17, 15) is 4.79 Å². The molecule has 0 radical (unpaired) electrons. The second kappa shape index (κ2) is 6.50. The van der Waals surface area contributed by atoms with E-state index in [-0.39, 0.29) is 29.8 Å². The van der Waals surface area contributed by atoms with Crippen LogP contribution in [0.5, 0.6) is 0 Å². The number of carbonyl (C=O) groups is 1. The Morgan fingerprint density at radius 1 is 1.12 bits per heavy atom. The van der Waals surface area contributed by atoms with Crippen LogP contribution in [0, 0.1) is 0 Å². The van der Waals surface area contributed by atoms with E-state index >= 15 is 0 Å². The maximum Gasteiger partial charge on any atom is 0.216 e. The average molecular weight is 345 g/mol. The third kappa shape index (κ3) is 4.07. The summed E-state index contributed by atoms with van der Waals surface area (Å²) in [4.78, 5) is 12.1. The SMILES string of the molecule is C[N+]1(CC(=O)c2ccccc2)CCCCC1.[I-]. The van der Waals surface area contributed by atoms with Gasteiger partial charge in [-0.3, -0.25) is 4.79 Å². The number of hydrogen-bond donors (Lipinski definition) is 0. The fourth-order valence-electron chi connectivity index (χ4n) is 2.50. The van der Waals surface area contributed by atoms with Gasteiger partial charge in [0.05, 0.1) is 20.1 Å². The van der Waals surface area contributed by atoms with Crippen LogP contribution in [0.25, 0.3) is 0 Å². The van der Waals surface area contributed by atoms with E-state index in [4.69, 9.17) is 0 Å². The van der Waals surface area contributed by atoms with Crippen LogP contribution >= 0.6 is 0 Å². The zero-order chi connectivity index (χ0) is 11.4. The summed E-state index contributed by atoms with van der Waals surface area (Å²) in [5.74, 6) is 0.282. The van der Waals surface area contributed by atoms with Crippen molar-refractivity contribution in [3.05, 3.63) is 35.9 Å². The van der Waals surface area contributed by atoms with Crippen LogP contribution in [0.1, 0.15) is 29.6 Å². The zero-order valence-electron chi connectivity index (χ0n) is 10.4. The van der Waals surface area contributed by atoms with Crippen LogP contribution in [0.15, 0.2) is 30.3 Å². The lowest BCUT2D eigenvalue weighted by Gasteiger charge is -2.37. The minimum absolute atomic E-state index is 0. The number of carbonyl (C=O) groups excluding carboxylic acids is 1. The molecule has 1 aromatic rings. The van der Waals surface area contributed by atoms with Crippen LogP contribution < -0.4 is 24.0 Å². The van der Waals surface area contributed by atoms with Gasteiger partial charge in [0.25, 0.3) is 0 Å². The van der Waals surface area contributed by atoms with Gasteiger partial charge in [0, 0.05) is 5.56 Å². The van der Waals surface area contributed by atoms with E-state index in [1.54, 1.807) is 0 Å². The molecule has 0 unspecified atom stereocenters. The first-order valence-electron chi connectivity index (χ1n) is 6.11. The minimum atomic E-state index is 0. The molecule has 1 aliphatic rings. The number of nitrogens with zero attached hydrogens (tertiary/aromatic N) is 1. The Labute approximate surface area is 121 Å². The molecule has 0 aliphatic carbocycles. The summed E-state index contributed by atoms with van der Waals surface area (Å²) in [5.41, 5.74) is 0.854. The van der Waals surface area contributed by atoms with Crippen LogP contribution in [-0.4, -0.2) is 36.9 Å². The van der Waals surface area contributed by atoms with Crippen molar-refractivity contribution in [2.24, 2.45) is 0 Å². The van der Waals surface area contributed by atoms with E-state index in [0.29, 0.717) is 6.54 Å². The number of hydrogen-bond acceptors (Lipinski definition) is 1. The van der Waals surface area contributed by atoms with E-state index in [2.05, 4.69) is 7.05 Å². The highest BCUT2D eigenvalue weighted by Crippen LogP contribution is 2.17. The molecule has 0 bridgehead atoms. The van der Waals surface area contributed by atoms with Gasteiger partial charge in [-0.1, -0.05) is 30.3 Å². The fourth-order valence-corrected chi connectivity index (χ4v) is 2.50. The number of ketones is 1. The maximum absolute atomic E-state index is 12.1. The Bertz CT molecular complexity index is 358. The van der Waals surface area contributed by atoms with Crippen molar-refractivity contribution in [2.45, 2.75) is 19.3 Å². The third-order valence-corrected chi connectivity index (χ3v) is 3.52. The first-order chi connectivity index (χ1) is 7.70. The molecule has 1 aromatic carbocycles. The second-order valence-corrected chi connectivity index (χ2v) is 5.07. The van der Waals surface area contributed by atoms with Crippen LogP contribution in [0.4, 0.5) is 0 Å². The monoisotopic (exact) mass is 345 g/mol. The van der Waals surface area contributed by atoms with Gasteiger partial charge < -0.3 is 28.5 Å². The summed E-state index contributed by atoms with van der Waals surface area (Å²) in [5, 5.41) is 0. The zero-order valence-corrected chi connectivity index (χ0v) is 12.5. The molecule has 1 fully saturated rings. The predicted octanol–water partition coefficient (Wildman–Crippen LogP) is -0.496. The molecule has 0 atom stereocenters. The molecular formula is C14H20INO. The Morgan fingerprint density at radius 3 is 2.29 bits per heavy atom. The van der Waals surface area contributed by atoms with Gasteiger partial charge in [0.1, 0.15) is 6.54 Å². The summed E-state index contributed by atoms with van der Waals surface area (Å²) in [7, 11) is 2.21. The average Bonchev–Trinajstić information content (AvgIpc) is 2.30. The molecule has 0 spiro atoms. The van der Waals surface area contributed by atoms with E-state index in [1.165, 1.54) is 19.3 Å². The van der Waals surface area contributed by atoms with Crippen molar-refractivity contribution < 1.29 is 33.3 Å². The number of benzene rings is 1. The van der Waals surface area contributed by atoms with Crippen LogP contribution in [0.2, 0.25) is 0 Å². The molecule has 1 aliphatic heterocycles. The Kier molecular flexibility index (Phi) is 5.59. The predicted molar refractivity (Wildman–Crippen MR) is 65.4 cm³/mol. The molecular weight excluding hydrogens is 325 g/mol. The Morgan fingerprint density at radius 2 is 1.71 bits per heavy atom. The van der Waals surface area contributed by atoms with Crippen molar-refractivity contribution in [2.75, 3.05) is 26.7 Å². The topological polar surface area (TPSA) is 17.1 Å². The Hall–Kier alpha value is -0.420. The molecule has 1 saturated heterocycles. The number of Topliss-reactive ketones (excluding diaryl/α,β-unsaturated/α-hetero) is 1. The fraction of sp³-hybridized carbons (Fsp3) is 0.500. The van der Waals surface area contributed by atoms with Gasteiger partial charge >= 0.3 is 0 Å². The summed E-state index contributed by atoms with van der Waals surface area (Å²) >= 11 is 0. The highest BCUT2D eigenvalue weighted by Gasteiger charge is 2.27. The molecule has 0 aromatic heterocycles. The maximum atomic E-state index is 12.1. The first-order valence-corrected chi connectivity index (χ1v) is 6.11. The van der Waals surface area contributed by atoms with Gasteiger partial charge in [-0.25, -0.2) is 0 Å². The van der Waals surface area contributed by atoms with Crippen molar-refractivity contribution in [1.29, 1.82) is 0 Å². The molecule has 94 valence electrons. The van der Waals surface area contributed by atoms with Crippen molar-refractivity contribution >= 4 is 5.78 Å². The number of piperidine rings is 1. The number of rotatable bonds is 3. The number of halogens is 1. The van der Waals surface area contributed by atoms with Crippen LogP contribution in [0.3, 0.4) is 0 Å². The summed E-state index contributed by atoms with van der Waals surface area (Å²) in [6.45, 7) is 2.96. The number of likely N-dealkylation sites (tertiary alicyclic amines) is 1. The lowest BCUT2D eigenvalue weighted by Crippen LogP contribution is -3.00. The van der Waals surface area contributed by atoms with Crippen LogP contribution in [-0.2, 0) is 0 Å². The highest BCUT2D eigenvalue weighted by atomic mass is 127. The van der Waals surface area contributed by atoms with E-state index in [1.807, 2.05) is 30.3 Å². The molecule has 1 heterocycles. The van der Waals surface area contributed by atoms with Gasteiger partial charge in [-0.2, -0.15) is 0 Å². The Balaban J connectivity index is 0.00000144. The highest BCUT2D eigenvalue weighted by molar-refractivity contribution is 5.96. The molecule has 0 N–H and O–H groups in total. The largest absolute Gasteiger partial charge is 1.00 e. The van der Waals surface area contributed by atoms with Crippen molar-refractivity contribution in [3.8, 4) is 0 Å². The minimum Gasteiger partial charge on any atom is -1.00 e. The lowest BCUT2D eigenvalue weighted by atomic mass is 10.1. The molecule has 2 rings (SSSR count). The van der Waals surface area contributed by atoms with Gasteiger partial charge in [0.2, 0.25) is 5.78 Å². The molecule has 2 nitrogen and oxygen atoms in total. The van der Waals surface area contributed by atoms with Crippen molar-refractivity contribution in [3.63, 3.8) is 0 Å². The molecule has 0 saturated carbocycles. The standard InChI is InChI=1S/C14H20NO.HI/c1-15(10-6-3-7-11-15)12-14(16)13-8-4-2-5-9-13;/h2,4-5,8-9H,3,6-7,10-12H2,1H3;1H/q+1;/p-1. The number of likely N-dealkylation sites (N-methyl/N-ethyl adjacent to an activating group) is 1. The smallest absolute Gasteiger partial charge is 0.216 e. The molecule has 0 amide bonds. The third-order valence-electron chi connectivity index (χ3n) is 3.52. The van der Waals surface area contributed by atoms with Crippen molar-refractivity contribution in [1.82, 2.24) is 0 Å². The number of quaternary nitrogens is 1. The summed E-state index contributed by atoms with van der Waals surface area (Å²) in [6, 6.07) is 9.65. The van der Waals surface area contributed by atoms with E-state index in [0.717, 1.165) is 23.1 Å². The quantitative estimate of drug-likeness (QED) is 0.410. The normalized spacial score (nSPS) is 18.2. The van der Waals surface area contributed by atoms with Gasteiger partial charge in [0.15, 0.2) is 0 Å². The lowest BCUT2D eigenvalue weighted by molar-refractivity contribution is -0.906.